The predicted octanol–water partition coefficient (Wildman–Crippen LogP) is 1.85. The molecule has 13 heavy (non-hydrogen) atoms. The summed E-state index contributed by atoms with van der Waals surface area (Å²) in [6.07, 6.45) is -0.0487. The minimum absolute atomic E-state index is 0.0800. The molecule has 5 heteroatoms. The topological polar surface area (TPSA) is 40.7 Å². The molecule has 0 fully saturated rings. The van der Waals surface area contributed by atoms with Crippen LogP contribution in [0.25, 0.3) is 0 Å². The Balaban J connectivity index is 2.50. The second-order valence-electron chi connectivity index (χ2n) is 2.79. The van der Waals surface area contributed by atoms with E-state index in [0.717, 1.165) is 13.0 Å². The first-order chi connectivity index (χ1) is 6.25. The molecule has 0 atom stereocenters. The SMILES string of the molecule is CCCNCc1cn[nH]c1C(F)F. The molecule has 2 N–H and O–H groups in total. The highest BCUT2D eigenvalue weighted by Gasteiger charge is 2.13. The van der Waals surface area contributed by atoms with E-state index in [9.17, 15) is 8.78 Å². The second-order valence-corrected chi connectivity index (χ2v) is 2.79. The van der Waals surface area contributed by atoms with E-state index in [1.807, 2.05) is 6.92 Å². The number of hydrogen-bond acceptors (Lipinski definition) is 2. The summed E-state index contributed by atoms with van der Waals surface area (Å²) >= 11 is 0. The maximum atomic E-state index is 12.3. The van der Waals surface area contributed by atoms with Crippen LogP contribution in [-0.4, -0.2) is 16.7 Å². The first-order valence-corrected chi connectivity index (χ1v) is 4.26. The summed E-state index contributed by atoms with van der Waals surface area (Å²) in [5, 5.41) is 8.91. The first kappa shape index (κ1) is 10.1. The fourth-order valence-corrected chi connectivity index (χ4v) is 1.05. The van der Waals surface area contributed by atoms with E-state index >= 15 is 0 Å². The molecule has 0 aliphatic rings. The van der Waals surface area contributed by atoms with E-state index in [4.69, 9.17) is 0 Å². The van der Waals surface area contributed by atoms with Crippen LogP contribution in [0.2, 0.25) is 0 Å². The number of nitrogens with zero attached hydrogens (tertiary/aromatic N) is 1. The molecule has 3 nitrogen and oxygen atoms in total. The van der Waals surface area contributed by atoms with E-state index in [2.05, 4.69) is 15.5 Å². The van der Waals surface area contributed by atoms with Crippen LogP contribution in [0.4, 0.5) is 8.78 Å². The molecule has 0 aliphatic carbocycles. The van der Waals surface area contributed by atoms with Crippen molar-refractivity contribution in [1.82, 2.24) is 15.5 Å². The number of aromatic nitrogens is 2. The average molecular weight is 189 g/mol. The van der Waals surface area contributed by atoms with Gasteiger partial charge in [-0.05, 0) is 13.0 Å². The molecule has 0 aromatic carbocycles. The van der Waals surface area contributed by atoms with Gasteiger partial charge in [0.05, 0.1) is 6.20 Å². The molecule has 0 amide bonds. The van der Waals surface area contributed by atoms with Crippen LogP contribution in [0.3, 0.4) is 0 Å². The molecule has 0 radical (unpaired) electrons. The van der Waals surface area contributed by atoms with Gasteiger partial charge in [0.1, 0.15) is 5.69 Å². The van der Waals surface area contributed by atoms with Gasteiger partial charge in [0.15, 0.2) is 0 Å². The summed E-state index contributed by atoms with van der Waals surface area (Å²) in [5.41, 5.74) is 0.465. The minimum atomic E-state index is -2.47. The number of nitrogens with one attached hydrogen (secondary N) is 2. The van der Waals surface area contributed by atoms with E-state index < -0.39 is 6.43 Å². The first-order valence-electron chi connectivity index (χ1n) is 4.26. The Morgan fingerprint density at radius 1 is 1.62 bits per heavy atom. The Kier molecular flexibility index (Phi) is 3.82. The molecule has 0 bridgehead atoms. The number of H-pyrrole nitrogens is 1. The Hall–Kier alpha value is -0.970. The normalized spacial score (nSPS) is 11.1. The number of hydrogen-bond donors (Lipinski definition) is 2. The summed E-state index contributed by atoms with van der Waals surface area (Å²) in [4.78, 5) is 0. The predicted molar refractivity (Wildman–Crippen MR) is 45.5 cm³/mol. The second kappa shape index (κ2) is 4.91. The van der Waals surface area contributed by atoms with Gasteiger partial charge in [-0.25, -0.2) is 8.78 Å². The van der Waals surface area contributed by atoms with Gasteiger partial charge < -0.3 is 5.32 Å². The number of halogens is 2. The van der Waals surface area contributed by atoms with Crippen molar-refractivity contribution in [1.29, 1.82) is 0 Å². The van der Waals surface area contributed by atoms with Gasteiger partial charge in [0.25, 0.3) is 6.43 Å². The van der Waals surface area contributed by atoms with E-state index in [-0.39, 0.29) is 5.69 Å². The van der Waals surface area contributed by atoms with Crippen LogP contribution in [-0.2, 0) is 6.54 Å². The third-order valence-electron chi connectivity index (χ3n) is 1.71. The third kappa shape index (κ3) is 2.77. The van der Waals surface area contributed by atoms with Gasteiger partial charge in [-0.15, -0.1) is 0 Å². The summed E-state index contributed by atoms with van der Waals surface area (Å²) in [5.74, 6) is 0. The van der Waals surface area contributed by atoms with Crippen molar-refractivity contribution >= 4 is 0 Å². The summed E-state index contributed by atoms with van der Waals surface area (Å²) in [6.45, 7) is 3.30. The number of aromatic amines is 1. The average Bonchev–Trinajstić information content (AvgIpc) is 2.53. The lowest BCUT2D eigenvalue weighted by Gasteiger charge is -2.02. The van der Waals surface area contributed by atoms with Crippen LogP contribution in [0.5, 0.6) is 0 Å². The molecule has 0 saturated heterocycles. The van der Waals surface area contributed by atoms with Crippen LogP contribution >= 0.6 is 0 Å². The molecule has 0 aliphatic heterocycles. The standard InChI is InChI=1S/C8H13F2N3/c1-2-3-11-4-6-5-12-13-7(6)8(9)10/h5,8,11H,2-4H2,1H3,(H,12,13). The quantitative estimate of drug-likeness (QED) is 0.694. The van der Waals surface area contributed by atoms with E-state index in [0.29, 0.717) is 12.1 Å². The lowest BCUT2D eigenvalue weighted by Crippen LogP contribution is -2.14. The Morgan fingerprint density at radius 2 is 2.38 bits per heavy atom. The zero-order valence-electron chi connectivity index (χ0n) is 7.48. The largest absolute Gasteiger partial charge is 0.313 e. The van der Waals surface area contributed by atoms with Gasteiger partial charge in [0, 0.05) is 12.1 Å². The van der Waals surface area contributed by atoms with E-state index in [1.54, 1.807) is 0 Å². The molecule has 0 unspecified atom stereocenters. The van der Waals surface area contributed by atoms with Crippen molar-refractivity contribution in [3.05, 3.63) is 17.5 Å². The highest BCUT2D eigenvalue weighted by molar-refractivity contribution is 5.16. The van der Waals surface area contributed by atoms with Crippen LogP contribution < -0.4 is 5.32 Å². The third-order valence-corrected chi connectivity index (χ3v) is 1.71. The van der Waals surface area contributed by atoms with Crippen molar-refractivity contribution in [3.8, 4) is 0 Å². The highest BCUT2D eigenvalue weighted by atomic mass is 19.3. The van der Waals surface area contributed by atoms with E-state index in [1.165, 1.54) is 6.20 Å². The molecular formula is C8H13F2N3. The summed E-state index contributed by atoms with van der Waals surface area (Å²) < 4.78 is 24.5. The summed E-state index contributed by atoms with van der Waals surface area (Å²) in [6, 6.07) is 0. The molecule has 1 aromatic heterocycles. The minimum Gasteiger partial charge on any atom is -0.313 e. The van der Waals surface area contributed by atoms with Gasteiger partial charge in [0.2, 0.25) is 0 Å². The Labute approximate surface area is 75.5 Å². The van der Waals surface area contributed by atoms with Crippen LogP contribution in [0.15, 0.2) is 6.20 Å². The molecule has 1 rings (SSSR count). The van der Waals surface area contributed by atoms with Crippen LogP contribution in [0.1, 0.15) is 31.0 Å². The monoisotopic (exact) mass is 189 g/mol. The van der Waals surface area contributed by atoms with Crippen LogP contribution in [0, 0.1) is 0 Å². The molecule has 74 valence electrons. The van der Waals surface area contributed by atoms with Gasteiger partial charge in [-0.1, -0.05) is 6.92 Å². The van der Waals surface area contributed by atoms with Crippen molar-refractivity contribution in [2.24, 2.45) is 0 Å². The Bertz CT molecular complexity index is 247. The number of alkyl halides is 2. The van der Waals surface area contributed by atoms with Crippen molar-refractivity contribution in [3.63, 3.8) is 0 Å². The molecule has 0 saturated carbocycles. The van der Waals surface area contributed by atoms with Gasteiger partial charge in [-0.3, -0.25) is 5.10 Å². The Morgan fingerprint density at radius 3 is 3.00 bits per heavy atom. The fraction of sp³-hybridized carbons (Fsp3) is 0.625. The highest BCUT2D eigenvalue weighted by Crippen LogP contribution is 2.19. The maximum absolute atomic E-state index is 12.3. The van der Waals surface area contributed by atoms with Crippen molar-refractivity contribution in [2.45, 2.75) is 26.3 Å². The summed E-state index contributed by atoms with van der Waals surface area (Å²) in [7, 11) is 0. The lowest BCUT2D eigenvalue weighted by atomic mass is 10.2. The zero-order chi connectivity index (χ0) is 9.68. The molecule has 1 aromatic rings. The van der Waals surface area contributed by atoms with Gasteiger partial charge >= 0.3 is 0 Å². The van der Waals surface area contributed by atoms with Crippen molar-refractivity contribution in [2.75, 3.05) is 6.54 Å². The smallest absolute Gasteiger partial charge is 0.280 e. The molecule has 1 heterocycles. The number of rotatable bonds is 5. The molecular weight excluding hydrogens is 176 g/mol. The van der Waals surface area contributed by atoms with Gasteiger partial charge in [-0.2, -0.15) is 5.10 Å². The lowest BCUT2D eigenvalue weighted by molar-refractivity contribution is 0.144. The molecule has 0 spiro atoms. The van der Waals surface area contributed by atoms with Crippen molar-refractivity contribution < 1.29 is 8.78 Å². The maximum Gasteiger partial charge on any atom is 0.280 e. The fourth-order valence-electron chi connectivity index (χ4n) is 1.05. The zero-order valence-corrected chi connectivity index (χ0v) is 7.48.